The quantitative estimate of drug-likeness (QED) is 0.375. The van der Waals surface area contributed by atoms with Crippen molar-refractivity contribution >= 4 is 22.5 Å². The highest BCUT2D eigenvalue weighted by Gasteiger charge is 2.11. The number of aryl methyl sites for hydroxylation is 1. The highest BCUT2D eigenvalue weighted by atomic mass is 32.2. The van der Waals surface area contributed by atoms with E-state index in [-0.39, 0.29) is 5.56 Å². The first-order valence-corrected chi connectivity index (χ1v) is 13.2. The third-order valence-corrected chi connectivity index (χ3v) is 3.78. The first-order chi connectivity index (χ1) is 16.5. The topological polar surface area (TPSA) is 88.8 Å². The Balaban J connectivity index is -0.000000630. The SMILES string of the molecule is CC.CC.CC.CC.COS(C)=O.Cc1[nH]n(-c2ccccc2)c(=O)c1N=Nc1ccccc1. The summed E-state index contributed by atoms with van der Waals surface area (Å²) in [5.74, 6) is 0. The van der Waals surface area contributed by atoms with Crippen molar-refractivity contribution in [2.75, 3.05) is 13.4 Å². The zero-order chi connectivity index (χ0) is 26.9. The van der Waals surface area contributed by atoms with Gasteiger partial charge in [-0.1, -0.05) is 91.8 Å². The van der Waals surface area contributed by atoms with E-state index in [2.05, 4.69) is 19.5 Å². The van der Waals surface area contributed by atoms with Crippen LogP contribution in [0.4, 0.5) is 11.4 Å². The molecular formula is C26H44N4O3S. The number of hydrogen-bond donors (Lipinski definition) is 1. The smallest absolute Gasteiger partial charge is 0.294 e. The zero-order valence-electron chi connectivity index (χ0n) is 22.7. The Morgan fingerprint density at radius 1 is 0.794 bits per heavy atom. The molecule has 8 heteroatoms. The molecular weight excluding hydrogens is 448 g/mol. The predicted octanol–water partition coefficient (Wildman–Crippen LogP) is 7.92. The number of aromatic nitrogens is 2. The summed E-state index contributed by atoms with van der Waals surface area (Å²) in [5.41, 5.74) is 2.28. The molecule has 0 radical (unpaired) electrons. The number of azo groups is 1. The van der Waals surface area contributed by atoms with Crippen molar-refractivity contribution in [3.63, 3.8) is 0 Å². The molecule has 1 N–H and O–H groups in total. The van der Waals surface area contributed by atoms with Crippen LogP contribution < -0.4 is 5.56 Å². The van der Waals surface area contributed by atoms with E-state index in [1.807, 2.05) is 116 Å². The van der Waals surface area contributed by atoms with Crippen molar-refractivity contribution in [2.45, 2.75) is 62.3 Å². The maximum Gasteiger partial charge on any atom is 0.299 e. The Kier molecular flexibility index (Phi) is 26.1. The average molecular weight is 493 g/mol. The van der Waals surface area contributed by atoms with Gasteiger partial charge in [-0.25, -0.2) is 8.89 Å². The summed E-state index contributed by atoms with van der Waals surface area (Å²) in [5, 5.41) is 11.2. The third kappa shape index (κ3) is 14.3. The molecule has 1 atom stereocenters. The van der Waals surface area contributed by atoms with Crippen molar-refractivity contribution < 1.29 is 8.39 Å². The summed E-state index contributed by atoms with van der Waals surface area (Å²) in [4.78, 5) is 12.4. The predicted molar refractivity (Wildman–Crippen MR) is 148 cm³/mol. The van der Waals surface area contributed by atoms with E-state index in [9.17, 15) is 9.00 Å². The minimum atomic E-state index is -1.07. The summed E-state index contributed by atoms with van der Waals surface area (Å²) in [6, 6.07) is 18.7. The Hall–Kier alpha value is -2.84. The fraction of sp³-hybridized carbons (Fsp3) is 0.423. The molecule has 7 nitrogen and oxygen atoms in total. The number of para-hydroxylation sites is 1. The van der Waals surface area contributed by atoms with Crippen LogP contribution in [0.1, 0.15) is 61.1 Å². The monoisotopic (exact) mass is 492 g/mol. The van der Waals surface area contributed by atoms with Crippen LogP contribution in [0, 0.1) is 6.92 Å². The first-order valence-electron chi connectivity index (χ1n) is 11.7. The van der Waals surface area contributed by atoms with Gasteiger partial charge in [0, 0.05) is 6.26 Å². The summed E-state index contributed by atoms with van der Waals surface area (Å²) in [7, 11) is 1.40. The Morgan fingerprint density at radius 2 is 1.21 bits per heavy atom. The zero-order valence-corrected chi connectivity index (χ0v) is 23.6. The molecule has 192 valence electrons. The lowest BCUT2D eigenvalue weighted by Gasteiger charge is -1.99. The lowest BCUT2D eigenvalue weighted by molar-refractivity contribution is 0.450. The maximum absolute atomic E-state index is 12.4. The van der Waals surface area contributed by atoms with Crippen LogP contribution in [0.3, 0.4) is 0 Å². The number of aromatic amines is 1. The molecule has 0 amide bonds. The number of nitrogens with zero attached hydrogens (tertiary/aromatic N) is 3. The minimum absolute atomic E-state index is 0.210. The second kappa shape index (κ2) is 24.8. The van der Waals surface area contributed by atoms with E-state index >= 15 is 0 Å². The standard InChI is InChI=1S/C16H14N4O.C2H6O2S.4C2H6/c1-12-15(18-17-13-8-4-2-5-9-13)16(21)20(19-12)14-10-6-3-7-11-14;1-4-5(2)3;4*1-2/h2-11,19H,1H3;1-2H3;4*1-2H3. The van der Waals surface area contributed by atoms with E-state index in [1.54, 1.807) is 6.92 Å². The van der Waals surface area contributed by atoms with Crippen molar-refractivity contribution in [2.24, 2.45) is 10.2 Å². The summed E-state index contributed by atoms with van der Waals surface area (Å²) >= 11 is -1.07. The molecule has 0 aliphatic heterocycles. The number of H-pyrrole nitrogens is 1. The first kappa shape index (κ1) is 35.7. The number of benzene rings is 2. The molecule has 0 aliphatic rings. The molecule has 0 fully saturated rings. The van der Waals surface area contributed by atoms with Gasteiger partial charge < -0.3 is 0 Å². The molecule has 2 aromatic carbocycles. The van der Waals surface area contributed by atoms with E-state index in [1.165, 1.54) is 18.0 Å². The normalized spacial score (nSPS) is 9.74. The minimum Gasteiger partial charge on any atom is -0.294 e. The molecule has 0 bridgehead atoms. The van der Waals surface area contributed by atoms with Gasteiger partial charge in [0.05, 0.1) is 24.2 Å². The molecule has 0 saturated heterocycles. The number of hydrogen-bond acceptors (Lipinski definition) is 5. The van der Waals surface area contributed by atoms with Gasteiger partial charge >= 0.3 is 0 Å². The van der Waals surface area contributed by atoms with Crippen LogP contribution in [0.25, 0.3) is 5.69 Å². The van der Waals surface area contributed by atoms with Crippen molar-refractivity contribution in [1.29, 1.82) is 0 Å². The van der Waals surface area contributed by atoms with Gasteiger partial charge in [0.15, 0.2) is 16.8 Å². The van der Waals surface area contributed by atoms with Gasteiger partial charge in [0.2, 0.25) is 0 Å². The van der Waals surface area contributed by atoms with Gasteiger partial charge in [-0.3, -0.25) is 14.1 Å². The van der Waals surface area contributed by atoms with Crippen molar-refractivity contribution in [1.82, 2.24) is 9.78 Å². The van der Waals surface area contributed by atoms with E-state index in [4.69, 9.17) is 0 Å². The van der Waals surface area contributed by atoms with Gasteiger partial charge in [0.1, 0.15) is 0 Å². The second-order valence-electron chi connectivity index (χ2n) is 5.17. The molecule has 1 unspecified atom stereocenters. The number of nitrogens with one attached hydrogen (secondary N) is 1. The average Bonchev–Trinajstić information content (AvgIpc) is 3.21. The third-order valence-electron chi connectivity index (χ3n) is 3.31. The molecule has 3 aromatic rings. The fourth-order valence-corrected chi connectivity index (χ4v) is 2.02. The summed E-state index contributed by atoms with van der Waals surface area (Å²) in [6.07, 6.45) is 1.47. The Labute approximate surface area is 209 Å². The highest BCUT2D eigenvalue weighted by molar-refractivity contribution is 7.79. The molecule has 3 rings (SSSR count). The van der Waals surface area contributed by atoms with E-state index < -0.39 is 11.1 Å². The van der Waals surface area contributed by atoms with E-state index in [0.29, 0.717) is 17.1 Å². The molecule has 0 saturated carbocycles. The second-order valence-corrected chi connectivity index (χ2v) is 6.30. The molecule has 0 spiro atoms. The summed E-state index contributed by atoms with van der Waals surface area (Å²) in [6.45, 7) is 17.8. The van der Waals surface area contributed by atoms with Gasteiger partial charge in [-0.2, -0.15) is 5.11 Å². The van der Waals surface area contributed by atoms with Gasteiger partial charge in [-0.15, -0.1) is 5.11 Å². The van der Waals surface area contributed by atoms with Crippen LogP contribution in [0.2, 0.25) is 0 Å². The van der Waals surface area contributed by atoms with Crippen LogP contribution in [-0.2, 0) is 15.3 Å². The lowest BCUT2D eigenvalue weighted by atomic mass is 10.3. The van der Waals surface area contributed by atoms with Gasteiger partial charge in [-0.05, 0) is 31.2 Å². The van der Waals surface area contributed by atoms with Crippen molar-refractivity contribution in [3.8, 4) is 5.69 Å². The van der Waals surface area contributed by atoms with Crippen LogP contribution in [0.15, 0.2) is 75.7 Å². The Bertz CT molecular complexity index is 938. The highest BCUT2D eigenvalue weighted by Crippen LogP contribution is 2.18. The lowest BCUT2D eigenvalue weighted by Crippen LogP contribution is -2.13. The number of rotatable bonds is 4. The molecule has 0 aliphatic carbocycles. The Morgan fingerprint density at radius 3 is 1.62 bits per heavy atom. The van der Waals surface area contributed by atoms with E-state index in [0.717, 1.165) is 5.69 Å². The maximum atomic E-state index is 12.4. The molecule has 1 aromatic heterocycles. The van der Waals surface area contributed by atoms with Gasteiger partial charge in [0.25, 0.3) is 5.56 Å². The van der Waals surface area contributed by atoms with Crippen LogP contribution in [0.5, 0.6) is 0 Å². The van der Waals surface area contributed by atoms with Crippen LogP contribution in [-0.4, -0.2) is 27.4 Å². The van der Waals surface area contributed by atoms with Crippen LogP contribution >= 0.6 is 0 Å². The van der Waals surface area contributed by atoms with Crippen molar-refractivity contribution in [3.05, 3.63) is 76.7 Å². The molecule has 1 heterocycles. The molecule has 34 heavy (non-hydrogen) atoms. The summed E-state index contributed by atoms with van der Waals surface area (Å²) < 4.78 is 15.4. The largest absolute Gasteiger partial charge is 0.299 e. The fourth-order valence-electron chi connectivity index (χ4n) is 2.02.